The maximum atomic E-state index is 13.4. The molecule has 0 saturated heterocycles. The van der Waals surface area contributed by atoms with Gasteiger partial charge in [-0.25, -0.2) is 9.20 Å². The Kier molecular flexibility index (Phi) is 4.26. The first kappa shape index (κ1) is 18.5. The largest absolute Gasteiger partial charge is 0.418 e. The number of hydrogen-bond acceptors (Lipinski definition) is 4. The first-order valence-corrected chi connectivity index (χ1v) is 8.53. The molecule has 4 rings (SSSR count). The van der Waals surface area contributed by atoms with Gasteiger partial charge in [-0.2, -0.15) is 18.3 Å². The molecule has 3 aromatic heterocycles. The van der Waals surface area contributed by atoms with Gasteiger partial charge in [-0.05, 0) is 31.2 Å². The topological polar surface area (TPSA) is 90.2 Å². The summed E-state index contributed by atoms with van der Waals surface area (Å²) in [5, 5.41) is 10.8. The lowest BCUT2D eigenvalue weighted by molar-refractivity contribution is -0.137. The zero-order valence-corrected chi connectivity index (χ0v) is 15.1. The highest BCUT2D eigenvalue weighted by Gasteiger charge is 2.34. The van der Waals surface area contributed by atoms with Crippen LogP contribution in [0.25, 0.3) is 11.2 Å². The van der Waals surface area contributed by atoms with Gasteiger partial charge in [0.05, 0.1) is 22.5 Å². The number of pyridine rings is 1. The Morgan fingerprint density at radius 3 is 2.59 bits per heavy atom. The Balaban J connectivity index is 1.77. The summed E-state index contributed by atoms with van der Waals surface area (Å²) in [5.41, 5.74) is 5.85. The molecule has 0 saturated carbocycles. The van der Waals surface area contributed by atoms with Gasteiger partial charge in [0.25, 0.3) is 5.91 Å². The minimum atomic E-state index is -4.58. The Bertz CT molecular complexity index is 1220. The molecule has 0 aliphatic heterocycles. The van der Waals surface area contributed by atoms with Crippen molar-refractivity contribution in [2.45, 2.75) is 13.1 Å². The number of nitrogens with zero attached hydrogens (tertiary/aromatic N) is 4. The summed E-state index contributed by atoms with van der Waals surface area (Å²) >= 11 is 0. The summed E-state index contributed by atoms with van der Waals surface area (Å²) in [6, 6.07) is 11.6. The number of nitrogens with one attached hydrogen (secondary N) is 1. The van der Waals surface area contributed by atoms with Gasteiger partial charge in [0, 0.05) is 12.3 Å². The molecule has 0 radical (unpaired) electrons. The molecule has 3 heterocycles. The molecule has 1 amide bonds. The number of alkyl halides is 3. The molecule has 10 heteroatoms. The number of nitrogen functional groups attached to an aromatic ring is 1. The molecule has 148 valence electrons. The summed E-state index contributed by atoms with van der Waals surface area (Å²) < 4.78 is 42.8. The van der Waals surface area contributed by atoms with Gasteiger partial charge >= 0.3 is 6.18 Å². The molecule has 3 N–H and O–H groups in total. The van der Waals surface area contributed by atoms with E-state index in [0.29, 0.717) is 11.2 Å². The monoisotopic (exact) mass is 400 g/mol. The van der Waals surface area contributed by atoms with E-state index in [1.54, 1.807) is 31.3 Å². The van der Waals surface area contributed by atoms with Gasteiger partial charge in [0.1, 0.15) is 11.4 Å². The number of aromatic nitrogens is 4. The van der Waals surface area contributed by atoms with Crippen LogP contribution in [0.15, 0.2) is 54.7 Å². The summed E-state index contributed by atoms with van der Waals surface area (Å²) in [4.78, 5) is 12.9. The summed E-state index contributed by atoms with van der Waals surface area (Å²) in [6.45, 7) is 1.62. The van der Waals surface area contributed by atoms with Crippen molar-refractivity contribution < 1.29 is 18.0 Å². The van der Waals surface area contributed by atoms with Crippen molar-refractivity contribution in [2.24, 2.45) is 0 Å². The van der Waals surface area contributed by atoms with E-state index in [-0.39, 0.29) is 22.9 Å². The van der Waals surface area contributed by atoms with E-state index >= 15 is 0 Å². The predicted octanol–water partition coefficient (Wildman–Crippen LogP) is 3.68. The lowest BCUT2D eigenvalue weighted by atomic mass is 10.1. The van der Waals surface area contributed by atoms with E-state index in [0.717, 1.165) is 10.7 Å². The van der Waals surface area contributed by atoms with E-state index in [2.05, 4.69) is 15.5 Å². The lowest BCUT2D eigenvalue weighted by Gasteiger charge is -2.15. The third-order valence-electron chi connectivity index (χ3n) is 4.30. The molecule has 0 aliphatic carbocycles. The number of hydrogen-bond donors (Lipinski definition) is 2. The number of benzene rings is 1. The lowest BCUT2D eigenvalue weighted by Crippen LogP contribution is -2.18. The molecule has 0 spiro atoms. The number of fused-ring (bicyclic) bond motifs is 1. The highest BCUT2D eigenvalue weighted by atomic mass is 19.4. The van der Waals surface area contributed by atoms with Gasteiger partial charge in [0.2, 0.25) is 0 Å². The van der Waals surface area contributed by atoms with E-state index in [9.17, 15) is 18.0 Å². The molecule has 0 bridgehead atoms. The smallest absolute Gasteiger partial charge is 0.382 e. The number of carbonyl (C=O) groups excluding carboxylic acids is 1. The first-order chi connectivity index (χ1) is 13.8. The second-order valence-electron chi connectivity index (χ2n) is 6.34. The Morgan fingerprint density at radius 1 is 1.10 bits per heavy atom. The van der Waals surface area contributed by atoms with Crippen LogP contribution in [0.4, 0.5) is 24.8 Å². The van der Waals surface area contributed by atoms with Crippen molar-refractivity contribution in [3.8, 4) is 5.69 Å². The average molecular weight is 400 g/mol. The van der Waals surface area contributed by atoms with Crippen molar-refractivity contribution in [3.05, 3.63) is 71.5 Å². The van der Waals surface area contributed by atoms with Crippen LogP contribution in [0.5, 0.6) is 0 Å². The van der Waals surface area contributed by atoms with E-state index in [1.165, 1.54) is 28.8 Å². The van der Waals surface area contributed by atoms with Crippen LogP contribution < -0.4 is 11.1 Å². The number of carbonyl (C=O) groups is 1. The molecule has 4 aromatic rings. The van der Waals surface area contributed by atoms with Crippen LogP contribution in [0.1, 0.15) is 21.6 Å². The van der Waals surface area contributed by atoms with E-state index < -0.39 is 17.6 Å². The minimum absolute atomic E-state index is 0.00665. The fourth-order valence-corrected chi connectivity index (χ4v) is 3.10. The van der Waals surface area contributed by atoms with Gasteiger partial charge in [-0.15, -0.1) is 5.10 Å². The molecule has 0 fully saturated rings. The van der Waals surface area contributed by atoms with Crippen molar-refractivity contribution in [3.63, 3.8) is 0 Å². The summed E-state index contributed by atoms with van der Waals surface area (Å²) in [5.74, 6) is -0.514. The molecule has 7 nitrogen and oxygen atoms in total. The molecule has 29 heavy (non-hydrogen) atoms. The van der Waals surface area contributed by atoms with Crippen LogP contribution in [0.3, 0.4) is 0 Å². The molecular formula is C19H15F3N6O. The molecule has 0 atom stereocenters. The second kappa shape index (κ2) is 6.66. The Labute approximate surface area is 162 Å². The fraction of sp³-hybridized carbons (Fsp3) is 0.105. The van der Waals surface area contributed by atoms with Crippen molar-refractivity contribution in [2.75, 3.05) is 11.1 Å². The van der Waals surface area contributed by atoms with Gasteiger partial charge < -0.3 is 11.1 Å². The van der Waals surface area contributed by atoms with Crippen LogP contribution >= 0.6 is 0 Å². The fourth-order valence-electron chi connectivity index (χ4n) is 3.10. The Morgan fingerprint density at radius 2 is 1.83 bits per heavy atom. The number of rotatable bonds is 3. The van der Waals surface area contributed by atoms with Gasteiger partial charge in [0.15, 0.2) is 5.82 Å². The predicted molar refractivity (Wildman–Crippen MR) is 101 cm³/mol. The zero-order valence-electron chi connectivity index (χ0n) is 15.1. The number of aryl methyl sites for hydroxylation is 1. The molecular weight excluding hydrogens is 385 g/mol. The third-order valence-corrected chi connectivity index (χ3v) is 4.30. The Hall–Kier alpha value is -3.82. The zero-order chi connectivity index (χ0) is 20.8. The van der Waals surface area contributed by atoms with Crippen molar-refractivity contribution in [1.82, 2.24) is 19.4 Å². The van der Waals surface area contributed by atoms with Gasteiger partial charge in [-0.3, -0.25) is 4.79 Å². The van der Waals surface area contributed by atoms with Crippen LogP contribution in [0.2, 0.25) is 0 Å². The molecule has 0 unspecified atom stereocenters. The summed E-state index contributed by atoms with van der Waals surface area (Å²) in [7, 11) is 0. The number of para-hydroxylation sites is 1. The van der Waals surface area contributed by atoms with Crippen molar-refractivity contribution in [1.29, 1.82) is 0 Å². The maximum absolute atomic E-state index is 13.4. The highest BCUT2D eigenvalue weighted by molar-refractivity contribution is 6.12. The standard InChI is InChI=1S/C19H15F3N6O/c1-11-10-15(28(25-11)13-7-3-2-6-12(13)19(20,21)22)24-18(29)16-14-8-4-5-9-27(14)26-17(16)23/h2-10H,1H3,(H2,23,26)(H,24,29). The first-order valence-electron chi connectivity index (χ1n) is 8.53. The number of halogens is 3. The SMILES string of the molecule is Cc1cc(NC(=O)c2c(N)nn3ccccc23)n(-c2ccccc2C(F)(F)F)n1. The number of anilines is 2. The summed E-state index contributed by atoms with van der Waals surface area (Å²) in [6.07, 6.45) is -2.94. The number of nitrogens with two attached hydrogens (primary N) is 1. The second-order valence-corrected chi connectivity index (χ2v) is 6.34. The third kappa shape index (κ3) is 3.28. The molecule has 0 aliphatic rings. The highest BCUT2D eigenvalue weighted by Crippen LogP contribution is 2.34. The van der Waals surface area contributed by atoms with Crippen LogP contribution in [-0.2, 0) is 6.18 Å². The average Bonchev–Trinajstić information content (AvgIpc) is 3.19. The van der Waals surface area contributed by atoms with E-state index in [1.807, 2.05) is 0 Å². The van der Waals surface area contributed by atoms with Crippen molar-refractivity contribution >= 4 is 23.1 Å². The van der Waals surface area contributed by atoms with Crippen LogP contribution in [-0.4, -0.2) is 25.3 Å². The van der Waals surface area contributed by atoms with Crippen LogP contribution in [0, 0.1) is 6.92 Å². The normalized spacial score (nSPS) is 11.7. The quantitative estimate of drug-likeness (QED) is 0.549. The number of amides is 1. The van der Waals surface area contributed by atoms with E-state index in [4.69, 9.17) is 5.73 Å². The molecule has 1 aromatic carbocycles. The minimum Gasteiger partial charge on any atom is -0.382 e. The maximum Gasteiger partial charge on any atom is 0.418 e. The van der Waals surface area contributed by atoms with Gasteiger partial charge in [-0.1, -0.05) is 18.2 Å².